The van der Waals surface area contributed by atoms with Gasteiger partial charge in [0.05, 0.1) is 5.92 Å². The third-order valence-electron chi connectivity index (χ3n) is 6.60. The second kappa shape index (κ2) is 10.7. The van der Waals surface area contributed by atoms with Crippen LogP contribution in [0, 0.1) is 0 Å². The molecule has 1 aromatic heterocycles. The van der Waals surface area contributed by atoms with Crippen LogP contribution in [0.1, 0.15) is 52.7 Å². The lowest BCUT2D eigenvalue weighted by molar-refractivity contribution is -0.148. The van der Waals surface area contributed by atoms with E-state index in [9.17, 15) is 9.90 Å². The van der Waals surface area contributed by atoms with Crippen molar-refractivity contribution < 1.29 is 19.2 Å². The van der Waals surface area contributed by atoms with Crippen molar-refractivity contribution in [3.05, 3.63) is 131 Å². The number of carboxylic acids is 1. The molecule has 1 aliphatic rings. The first kappa shape index (κ1) is 23.7. The van der Waals surface area contributed by atoms with Crippen LogP contribution in [-0.2, 0) is 28.0 Å². The minimum atomic E-state index is -0.985. The van der Waals surface area contributed by atoms with Gasteiger partial charge in [-0.1, -0.05) is 102 Å². The van der Waals surface area contributed by atoms with Crippen LogP contribution in [0.4, 0.5) is 0 Å². The van der Waals surface area contributed by atoms with Gasteiger partial charge in [-0.3, -0.25) is 0 Å². The number of hydrogen-bond donors (Lipinski definition) is 1. The molecular formula is C30H28N2O4. The zero-order chi connectivity index (χ0) is 24.8. The van der Waals surface area contributed by atoms with Crippen molar-refractivity contribution in [3.8, 4) is 0 Å². The molecule has 1 heterocycles. The number of aliphatic carboxylic acids is 1. The lowest BCUT2D eigenvalue weighted by atomic mass is 9.78. The number of aryl methyl sites for hydroxylation is 1. The fourth-order valence-electron chi connectivity index (χ4n) is 4.98. The Morgan fingerprint density at radius 2 is 1.67 bits per heavy atom. The summed E-state index contributed by atoms with van der Waals surface area (Å²) in [4.78, 5) is 16.0. The molecule has 36 heavy (non-hydrogen) atoms. The highest BCUT2D eigenvalue weighted by Crippen LogP contribution is 2.40. The molecule has 0 aliphatic heterocycles. The van der Waals surface area contributed by atoms with E-state index >= 15 is 0 Å². The molecule has 1 N–H and O–H groups in total. The van der Waals surface area contributed by atoms with E-state index in [0.717, 1.165) is 36.0 Å². The Balaban J connectivity index is 1.40. The Hall–Kier alpha value is -4.03. The Morgan fingerprint density at radius 3 is 2.36 bits per heavy atom. The summed E-state index contributed by atoms with van der Waals surface area (Å²) in [5.74, 6) is -0.0409. The fourth-order valence-corrected chi connectivity index (χ4v) is 4.98. The van der Waals surface area contributed by atoms with Crippen LogP contribution in [0.25, 0.3) is 0 Å². The third kappa shape index (κ3) is 5.14. The van der Waals surface area contributed by atoms with E-state index in [0.29, 0.717) is 18.1 Å². The van der Waals surface area contributed by atoms with Gasteiger partial charge in [-0.2, -0.15) is 4.98 Å². The minimum absolute atomic E-state index is 0.159. The average molecular weight is 481 g/mol. The summed E-state index contributed by atoms with van der Waals surface area (Å²) in [5, 5.41) is 13.5. The molecule has 0 saturated carbocycles. The van der Waals surface area contributed by atoms with Crippen LogP contribution in [0.15, 0.2) is 102 Å². The standard InChI is InChI=1S/C30H28N2O4/c33-27(34)21-35-30(19-9-16-22-11-7-8-17-25(22)30)20-10-18-26-31-29(36-32-26)28(23-12-3-1-4-13-23)24-14-5-2-6-15-24/h1-8,10-15,17,20,28H,9,16,18-19,21H2,(H,33,34). The van der Waals surface area contributed by atoms with Gasteiger partial charge in [-0.25, -0.2) is 4.79 Å². The van der Waals surface area contributed by atoms with Gasteiger partial charge in [0.15, 0.2) is 5.82 Å². The Bertz CT molecular complexity index is 1290. The van der Waals surface area contributed by atoms with Gasteiger partial charge in [0.2, 0.25) is 5.89 Å². The van der Waals surface area contributed by atoms with Crippen molar-refractivity contribution in [1.82, 2.24) is 10.1 Å². The third-order valence-corrected chi connectivity index (χ3v) is 6.60. The van der Waals surface area contributed by atoms with Gasteiger partial charge in [-0.05, 0) is 41.5 Å². The molecule has 0 bridgehead atoms. The summed E-state index contributed by atoms with van der Waals surface area (Å²) in [7, 11) is 0. The highest BCUT2D eigenvalue weighted by molar-refractivity contribution is 5.68. The molecule has 0 fully saturated rings. The first-order valence-corrected chi connectivity index (χ1v) is 12.2. The van der Waals surface area contributed by atoms with E-state index in [1.165, 1.54) is 5.56 Å². The predicted molar refractivity (Wildman–Crippen MR) is 136 cm³/mol. The molecule has 5 rings (SSSR count). The quantitative estimate of drug-likeness (QED) is 0.310. The number of aromatic nitrogens is 2. The van der Waals surface area contributed by atoms with Gasteiger partial charge in [0, 0.05) is 6.42 Å². The van der Waals surface area contributed by atoms with Crippen LogP contribution in [0.5, 0.6) is 0 Å². The monoisotopic (exact) mass is 480 g/mol. The maximum atomic E-state index is 11.3. The first-order chi connectivity index (χ1) is 17.6. The fraction of sp³-hybridized carbons (Fsp3) is 0.233. The number of hydrogen-bond acceptors (Lipinski definition) is 5. The number of fused-ring (bicyclic) bond motifs is 1. The molecule has 4 aromatic rings. The number of ether oxygens (including phenoxy) is 1. The predicted octanol–water partition coefficient (Wildman–Crippen LogP) is 5.68. The van der Waals surface area contributed by atoms with Gasteiger partial charge in [0.1, 0.15) is 12.2 Å². The summed E-state index contributed by atoms with van der Waals surface area (Å²) in [6, 6.07) is 28.3. The molecule has 0 radical (unpaired) electrons. The summed E-state index contributed by atoms with van der Waals surface area (Å²) < 4.78 is 11.7. The van der Waals surface area contributed by atoms with Crippen molar-refractivity contribution >= 4 is 5.97 Å². The molecule has 0 spiro atoms. The average Bonchev–Trinajstić information content (AvgIpc) is 3.37. The summed E-state index contributed by atoms with van der Waals surface area (Å²) in [6.07, 6.45) is 6.96. The van der Waals surface area contributed by atoms with Crippen molar-refractivity contribution in [2.45, 2.75) is 37.2 Å². The summed E-state index contributed by atoms with van der Waals surface area (Å²) in [5.41, 5.74) is 3.59. The van der Waals surface area contributed by atoms with Gasteiger partial charge < -0.3 is 14.4 Å². The van der Waals surface area contributed by atoms with Crippen LogP contribution >= 0.6 is 0 Å². The maximum absolute atomic E-state index is 11.3. The van der Waals surface area contributed by atoms with E-state index in [1.807, 2.05) is 66.7 Å². The SMILES string of the molecule is O=C(O)COC1(C=CCc2noc(C(c3ccccc3)c3ccccc3)n2)CCCc2ccccc21. The van der Waals surface area contributed by atoms with Crippen molar-refractivity contribution in [2.75, 3.05) is 6.61 Å². The van der Waals surface area contributed by atoms with Crippen LogP contribution < -0.4 is 0 Å². The molecule has 0 saturated heterocycles. The molecule has 0 amide bonds. The maximum Gasteiger partial charge on any atom is 0.329 e. The molecule has 6 nitrogen and oxygen atoms in total. The van der Waals surface area contributed by atoms with Crippen LogP contribution in [0.2, 0.25) is 0 Å². The van der Waals surface area contributed by atoms with Crippen molar-refractivity contribution in [3.63, 3.8) is 0 Å². The van der Waals surface area contributed by atoms with Gasteiger partial charge >= 0.3 is 5.97 Å². The number of carboxylic acid groups (broad SMARTS) is 1. The van der Waals surface area contributed by atoms with Gasteiger partial charge in [0.25, 0.3) is 0 Å². The molecule has 1 atom stereocenters. The lowest BCUT2D eigenvalue weighted by Gasteiger charge is -2.36. The second-order valence-corrected chi connectivity index (χ2v) is 8.99. The Kier molecular flexibility index (Phi) is 7.05. The molecule has 182 valence electrons. The van der Waals surface area contributed by atoms with Crippen molar-refractivity contribution in [2.24, 2.45) is 0 Å². The zero-order valence-electron chi connectivity index (χ0n) is 19.9. The smallest absolute Gasteiger partial charge is 0.329 e. The normalized spacial score (nSPS) is 17.4. The molecule has 3 aromatic carbocycles. The van der Waals surface area contributed by atoms with Crippen molar-refractivity contribution in [1.29, 1.82) is 0 Å². The highest BCUT2D eigenvalue weighted by Gasteiger charge is 2.35. The van der Waals surface area contributed by atoms with E-state index in [1.54, 1.807) is 0 Å². The summed E-state index contributed by atoms with van der Waals surface area (Å²) in [6.45, 7) is -0.360. The zero-order valence-corrected chi connectivity index (χ0v) is 19.9. The van der Waals surface area contributed by atoms with E-state index in [2.05, 4.69) is 35.5 Å². The number of nitrogens with zero attached hydrogens (tertiary/aromatic N) is 2. The molecule has 1 unspecified atom stereocenters. The number of rotatable bonds is 9. The first-order valence-electron chi connectivity index (χ1n) is 12.2. The lowest BCUT2D eigenvalue weighted by Crippen LogP contribution is -2.34. The molecular weight excluding hydrogens is 452 g/mol. The Morgan fingerprint density at radius 1 is 1.00 bits per heavy atom. The van der Waals surface area contributed by atoms with Crippen LogP contribution in [0.3, 0.4) is 0 Å². The van der Waals surface area contributed by atoms with Crippen LogP contribution in [-0.4, -0.2) is 27.8 Å². The van der Waals surface area contributed by atoms with E-state index < -0.39 is 11.6 Å². The topological polar surface area (TPSA) is 85.5 Å². The molecule has 1 aliphatic carbocycles. The van der Waals surface area contributed by atoms with E-state index in [-0.39, 0.29) is 12.5 Å². The Labute approximate surface area is 210 Å². The second-order valence-electron chi connectivity index (χ2n) is 8.99. The highest BCUT2D eigenvalue weighted by atomic mass is 16.5. The minimum Gasteiger partial charge on any atom is -0.480 e. The number of allylic oxidation sites excluding steroid dienone is 1. The largest absolute Gasteiger partial charge is 0.480 e. The number of benzene rings is 3. The summed E-state index contributed by atoms with van der Waals surface area (Å²) >= 11 is 0. The van der Waals surface area contributed by atoms with Gasteiger partial charge in [-0.15, -0.1) is 0 Å². The molecule has 6 heteroatoms. The number of carbonyl (C=O) groups is 1. The van der Waals surface area contributed by atoms with E-state index in [4.69, 9.17) is 14.2 Å².